The molecular weight excluding hydrogens is 435 g/mol. The smallest absolute Gasteiger partial charge is 0.182 e. The van der Waals surface area contributed by atoms with Crippen molar-refractivity contribution >= 4 is 61.8 Å². The number of nitrogens with one attached hydrogen (secondary N) is 1. The Morgan fingerprint density at radius 1 is 1.21 bits per heavy atom. The molecule has 3 aromatic rings. The Labute approximate surface area is 138 Å². The van der Waals surface area contributed by atoms with Crippen molar-refractivity contribution in [1.29, 1.82) is 0 Å². The number of hydrogen-bond acceptors (Lipinski definition) is 1. The highest BCUT2D eigenvalue weighted by molar-refractivity contribution is 14.1. The highest BCUT2D eigenvalue weighted by Gasteiger charge is 2.09. The summed E-state index contributed by atoms with van der Waals surface area (Å²) in [5.41, 5.74) is 4.47. The molecule has 5 heteroatoms. The van der Waals surface area contributed by atoms with Gasteiger partial charge in [-0.25, -0.2) is 0 Å². The van der Waals surface area contributed by atoms with Gasteiger partial charge in [-0.2, -0.15) is 0 Å². The minimum atomic E-state index is 0.721. The highest BCUT2D eigenvalue weighted by atomic mass is 127. The van der Waals surface area contributed by atoms with Crippen molar-refractivity contribution in [2.24, 2.45) is 0 Å². The first-order chi connectivity index (χ1) is 9.06. The van der Waals surface area contributed by atoms with Crippen LogP contribution in [0.4, 0.5) is 0 Å². The van der Waals surface area contributed by atoms with Crippen molar-refractivity contribution in [3.05, 3.63) is 54.8 Å². The minimum Gasteiger partial charge on any atom is -0.330 e. The van der Waals surface area contributed by atoms with Crippen molar-refractivity contribution in [3.63, 3.8) is 0 Å². The van der Waals surface area contributed by atoms with Gasteiger partial charge in [-0.15, -0.1) is 0 Å². The van der Waals surface area contributed by atoms with E-state index in [4.69, 9.17) is 12.2 Å². The topological polar surface area (TPSA) is 20.7 Å². The average Bonchev–Trinajstić information content (AvgIpc) is 2.67. The van der Waals surface area contributed by atoms with Crippen LogP contribution in [-0.4, -0.2) is 9.55 Å². The Morgan fingerprint density at radius 2 is 2.00 bits per heavy atom. The van der Waals surface area contributed by atoms with E-state index in [9.17, 15) is 0 Å². The van der Waals surface area contributed by atoms with Crippen LogP contribution < -0.4 is 0 Å². The molecule has 0 atom stereocenters. The van der Waals surface area contributed by atoms with Crippen LogP contribution in [0.5, 0.6) is 0 Å². The molecule has 0 saturated carbocycles. The van der Waals surface area contributed by atoms with Gasteiger partial charge in [0.1, 0.15) is 0 Å². The fourth-order valence-corrected chi connectivity index (χ4v) is 3.29. The van der Waals surface area contributed by atoms with Gasteiger partial charge in [0.15, 0.2) is 4.77 Å². The molecule has 0 saturated heterocycles. The third kappa shape index (κ3) is 2.39. The first-order valence-electron chi connectivity index (χ1n) is 5.73. The predicted molar refractivity (Wildman–Crippen MR) is 93.6 cm³/mol. The van der Waals surface area contributed by atoms with Crippen molar-refractivity contribution in [2.45, 2.75) is 6.92 Å². The van der Waals surface area contributed by atoms with Gasteiger partial charge in [0.25, 0.3) is 0 Å². The number of aryl methyl sites for hydroxylation is 1. The Hall–Kier alpha value is -0.660. The lowest BCUT2D eigenvalue weighted by molar-refractivity contribution is 1.05. The molecule has 2 nitrogen and oxygen atoms in total. The Balaban J connectivity index is 2.39. The van der Waals surface area contributed by atoms with E-state index in [0.717, 1.165) is 26.0 Å². The molecule has 2 aromatic carbocycles. The van der Waals surface area contributed by atoms with E-state index in [1.807, 2.05) is 6.07 Å². The molecule has 0 aliphatic heterocycles. The predicted octanol–water partition coefficient (Wildman–Crippen LogP) is 5.36. The van der Waals surface area contributed by atoms with Crippen LogP contribution in [0.15, 0.2) is 40.9 Å². The van der Waals surface area contributed by atoms with Gasteiger partial charge in [0.05, 0.1) is 16.7 Å². The number of rotatable bonds is 1. The number of H-pyrrole nitrogens is 1. The van der Waals surface area contributed by atoms with Crippen molar-refractivity contribution in [3.8, 4) is 5.69 Å². The number of nitrogens with zero attached hydrogens (tertiary/aromatic N) is 1. The Bertz CT molecular complexity index is 835. The summed E-state index contributed by atoms with van der Waals surface area (Å²) < 4.78 is 5.05. The van der Waals surface area contributed by atoms with Crippen molar-refractivity contribution < 1.29 is 0 Å². The first kappa shape index (κ1) is 13.3. The van der Waals surface area contributed by atoms with E-state index in [1.165, 1.54) is 9.13 Å². The normalized spacial score (nSPS) is 11.1. The maximum atomic E-state index is 5.47. The maximum Gasteiger partial charge on any atom is 0.182 e. The number of fused-ring (bicyclic) bond motifs is 1. The second-order valence-corrected chi connectivity index (χ2v) is 6.91. The summed E-state index contributed by atoms with van der Waals surface area (Å²) in [4.78, 5) is 3.27. The summed E-state index contributed by atoms with van der Waals surface area (Å²) in [6.45, 7) is 2.09. The van der Waals surface area contributed by atoms with Crippen LogP contribution in [0.25, 0.3) is 16.7 Å². The highest BCUT2D eigenvalue weighted by Crippen LogP contribution is 2.25. The van der Waals surface area contributed by atoms with E-state index < -0.39 is 0 Å². The third-order valence-electron chi connectivity index (χ3n) is 3.06. The summed E-state index contributed by atoms with van der Waals surface area (Å²) in [6, 6.07) is 12.5. The van der Waals surface area contributed by atoms with Crippen LogP contribution in [-0.2, 0) is 0 Å². The zero-order valence-electron chi connectivity index (χ0n) is 10.1. The van der Waals surface area contributed by atoms with Gasteiger partial charge in [-0.05, 0) is 77.6 Å². The number of halogens is 2. The van der Waals surface area contributed by atoms with Crippen LogP contribution in [0.3, 0.4) is 0 Å². The van der Waals surface area contributed by atoms with Crippen LogP contribution in [0, 0.1) is 15.3 Å². The second-order valence-electron chi connectivity index (χ2n) is 4.36. The van der Waals surface area contributed by atoms with Gasteiger partial charge in [0.2, 0.25) is 0 Å². The van der Waals surface area contributed by atoms with Crippen molar-refractivity contribution in [2.75, 3.05) is 0 Å². The average molecular weight is 445 g/mol. The zero-order valence-corrected chi connectivity index (χ0v) is 14.6. The lowest BCUT2D eigenvalue weighted by Crippen LogP contribution is -1.97. The summed E-state index contributed by atoms with van der Waals surface area (Å²) in [5.74, 6) is 0. The summed E-state index contributed by atoms with van der Waals surface area (Å²) in [6.07, 6.45) is 0. The zero-order chi connectivity index (χ0) is 13.6. The molecule has 0 unspecified atom stereocenters. The third-order valence-corrected chi connectivity index (χ3v) is 4.51. The van der Waals surface area contributed by atoms with Crippen LogP contribution in [0.1, 0.15) is 5.56 Å². The van der Waals surface area contributed by atoms with Crippen LogP contribution in [0.2, 0.25) is 0 Å². The first-order valence-corrected chi connectivity index (χ1v) is 8.01. The second kappa shape index (κ2) is 5.03. The molecule has 1 N–H and O–H groups in total. The monoisotopic (exact) mass is 444 g/mol. The molecule has 0 fully saturated rings. The number of aromatic amines is 1. The standard InChI is InChI=1S/C14H10BrIN2S/c1-8-2-3-9(15)6-13(8)18-12-5-4-10(16)7-11(12)17-14(18)19/h2-7H,1H3,(H,17,19). The molecule has 96 valence electrons. The molecule has 1 aromatic heterocycles. The molecule has 0 aliphatic rings. The summed E-state index contributed by atoms with van der Waals surface area (Å²) in [5, 5.41) is 0. The van der Waals surface area contributed by atoms with Gasteiger partial charge >= 0.3 is 0 Å². The van der Waals surface area contributed by atoms with E-state index in [2.05, 4.69) is 85.3 Å². The van der Waals surface area contributed by atoms with Crippen molar-refractivity contribution in [1.82, 2.24) is 9.55 Å². The van der Waals surface area contributed by atoms with Crippen LogP contribution >= 0.6 is 50.7 Å². The summed E-state index contributed by atoms with van der Waals surface area (Å²) >= 11 is 11.3. The SMILES string of the molecule is Cc1ccc(Br)cc1-n1c(=S)[nH]c2cc(I)ccc21. The minimum absolute atomic E-state index is 0.721. The fourth-order valence-electron chi connectivity index (χ4n) is 2.15. The van der Waals surface area contributed by atoms with E-state index in [0.29, 0.717) is 0 Å². The number of imidazole rings is 1. The molecular formula is C14H10BrIN2S. The van der Waals surface area contributed by atoms with E-state index >= 15 is 0 Å². The van der Waals surface area contributed by atoms with Gasteiger partial charge in [0, 0.05) is 8.04 Å². The fraction of sp³-hybridized carbons (Fsp3) is 0.0714. The lowest BCUT2D eigenvalue weighted by Gasteiger charge is -2.09. The quantitative estimate of drug-likeness (QED) is 0.395. The van der Waals surface area contributed by atoms with E-state index in [1.54, 1.807) is 0 Å². The molecule has 0 amide bonds. The summed E-state index contributed by atoms with van der Waals surface area (Å²) in [7, 11) is 0. The maximum absolute atomic E-state index is 5.47. The molecule has 0 radical (unpaired) electrons. The Morgan fingerprint density at radius 3 is 2.79 bits per heavy atom. The lowest BCUT2D eigenvalue weighted by atomic mass is 10.2. The molecule has 19 heavy (non-hydrogen) atoms. The molecule has 0 bridgehead atoms. The van der Waals surface area contributed by atoms with E-state index in [-0.39, 0.29) is 0 Å². The number of benzene rings is 2. The number of aromatic nitrogens is 2. The largest absolute Gasteiger partial charge is 0.330 e. The molecule has 0 aliphatic carbocycles. The molecule has 0 spiro atoms. The molecule has 1 heterocycles. The van der Waals surface area contributed by atoms with Gasteiger partial charge in [-0.3, -0.25) is 4.57 Å². The van der Waals surface area contributed by atoms with Gasteiger partial charge in [-0.1, -0.05) is 22.0 Å². The molecule has 3 rings (SSSR count). The number of hydrogen-bond donors (Lipinski definition) is 1. The van der Waals surface area contributed by atoms with Gasteiger partial charge < -0.3 is 4.98 Å². The Kier molecular flexibility index (Phi) is 3.53.